The summed E-state index contributed by atoms with van der Waals surface area (Å²) in [4.78, 5) is 19.4. The van der Waals surface area contributed by atoms with E-state index < -0.39 is 0 Å². The zero-order valence-electron chi connectivity index (χ0n) is 16.5. The van der Waals surface area contributed by atoms with Gasteiger partial charge in [-0.2, -0.15) is 0 Å². The molecule has 1 aliphatic heterocycles. The van der Waals surface area contributed by atoms with E-state index in [4.69, 9.17) is 16.3 Å². The van der Waals surface area contributed by atoms with Gasteiger partial charge in [-0.1, -0.05) is 24.6 Å². The van der Waals surface area contributed by atoms with Gasteiger partial charge in [0.1, 0.15) is 11.6 Å². The maximum Gasteiger partial charge on any atom is 0.266 e. The van der Waals surface area contributed by atoms with Gasteiger partial charge in [0.2, 0.25) is 0 Å². The molecular formula is C22H22ClFN2O2S. The average molecular weight is 433 g/mol. The van der Waals surface area contributed by atoms with E-state index in [0.29, 0.717) is 33.1 Å². The van der Waals surface area contributed by atoms with E-state index in [1.807, 2.05) is 32.9 Å². The predicted molar refractivity (Wildman–Crippen MR) is 118 cm³/mol. The smallest absolute Gasteiger partial charge is 0.266 e. The van der Waals surface area contributed by atoms with Gasteiger partial charge >= 0.3 is 0 Å². The second-order valence-electron chi connectivity index (χ2n) is 6.56. The highest BCUT2D eigenvalue weighted by atomic mass is 35.5. The number of ether oxygens (including phenoxy) is 1. The van der Waals surface area contributed by atoms with Gasteiger partial charge < -0.3 is 4.74 Å². The number of hydrogen-bond acceptors (Lipinski definition) is 4. The Balaban J connectivity index is 1.85. The van der Waals surface area contributed by atoms with Gasteiger partial charge in [-0.15, -0.1) is 0 Å². The van der Waals surface area contributed by atoms with E-state index in [2.05, 4.69) is 4.99 Å². The van der Waals surface area contributed by atoms with Crippen LogP contribution < -0.4 is 4.74 Å². The average Bonchev–Trinajstić information content (AvgIpc) is 2.99. The molecule has 0 aromatic heterocycles. The number of benzene rings is 2. The largest absolute Gasteiger partial charge is 0.489 e. The number of hydrogen-bond donors (Lipinski definition) is 0. The SMILES string of the molecule is CC[C@@H](C)Oc1ccc(/C=C2\SC(=Nc3ccc(F)cc3)N(CC)C2=O)cc1Cl. The zero-order chi connectivity index (χ0) is 21.0. The molecule has 1 heterocycles. The number of aliphatic imine (C=N–C) groups is 1. The highest BCUT2D eigenvalue weighted by Crippen LogP contribution is 2.35. The first-order valence-electron chi connectivity index (χ1n) is 9.43. The van der Waals surface area contributed by atoms with Crippen molar-refractivity contribution < 1.29 is 13.9 Å². The Hall–Kier alpha value is -2.31. The van der Waals surface area contributed by atoms with Crippen molar-refractivity contribution in [2.45, 2.75) is 33.3 Å². The predicted octanol–water partition coefficient (Wildman–Crippen LogP) is 6.28. The van der Waals surface area contributed by atoms with Crippen molar-refractivity contribution in [3.05, 3.63) is 63.8 Å². The molecule has 1 atom stereocenters. The Morgan fingerprint density at radius 1 is 1.24 bits per heavy atom. The fourth-order valence-electron chi connectivity index (χ4n) is 2.65. The molecule has 1 fully saturated rings. The summed E-state index contributed by atoms with van der Waals surface area (Å²) in [6, 6.07) is 11.3. The summed E-state index contributed by atoms with van der Waals surface area (Å²) in [6.45, 7) is 6.41. The van der Waals surface area contributed by atoms with Crippen molar-refractivity contribution >= 4 is 46.2 Å². The van der Waals surface area contributed by atoms with Crippen molar-refractivity contribution in [2.75, 3.05) is 6.54 Å². The molecule has 0 N–H and O–H groups in total. The summed E-state index contributed by atoms with van der Waals surface area (Å²) in [7, 11) is 0. The molecule has 3 rings (SSSR count). The van der Waals surface area contributed by atoms with Crippen molar-refractivity contribution in [3.8, 4) is 5.75 Å². The third-order valence-corrected chi connectivity index (χ3v) is 5.71. The second-order valence-corrected chi connectivity index (χ2v) is 7.97. The lowest BCUT2D eigenvalue weighted by Gasteiger charge is -2.14. The van der Waals surface area contributed by atoms with E-state index in [1.165, 1.54) is 23.9 Å². The van der Waals surface area contributed by atoms with Crippen LogP contribution in [0.4, 0.5) is 10.1 Å². The fourth-order valence-corrected chi connectivity index (χ4v) is 3.95. The van der Waals surface area contributed by atoms with Crippen LogP contribution in [0.2, 0.25) is 5.02 Å². The minimum absolute atomic E-state index is 0.0759. The fraction of sp³-hybridized carbons (Fsp3) is 0.273. The van der Waals surface area contributed by atoms with Crippen LogP contribution in [-0.2, 0) is 4.79 Å². The number of carbonyl (C=O) groups excluding carboxylic acids is 1. The maximum atomic E-state index is 13.1. The topological polar surface area (TPSA) is 41.9 Å². The van der Waals surface area contributed by atoms with Gasteiger partial charge in [0.15, 0.2) is 5.17 Å². The van der Waals surface area contributed by atoms with Crippen LogP contribution in [0, 0.1) is 5.82 Å². The number of likely N-dealkylation sites (N-methyl/N-ethyl adjacent to an activating group) is 1. The summed E-state index contributed by atoms with van der Waals surface area (Å²) in [5, 5.41) is 1.07. The minimum atomic E-state index is -0.324. The van der Waals surface area contributed by atoms with Gasteiger partial charge in [-0.05, 0) is 80.1 Å². The molecule has 152 valence electrons. The van der Waals surface area contributed by atoms with Crippen molar-refractivity contribution in [3.63, 3.8) is 0 Å². The van der Waals surface area contributed by atoms with E-state index >= 15 is 0 Å². The Bertz CT molecular complexity index is 960. The molecule has 29 heavy (non-hydrogen) atoms. The number of amidine groups is 1. The molecule has 0 spiro atoms. The molecule has 0 saturated carbocycles. The van der Waals surface area contributed by atoms with Gasteiger partial charge in [0.25, 0.3) is 5.91 Å². The van der Waals surface area contributed by atoms with Crippen LogP contribution in [0.1, 0.15) is 32.8 Å². The lowest BCUT2D eigenvalue weighted by Crippen LogP contribution is -2.28. The summed E-state index contributed by atoms with van der Waals surface area (Å²) in [5.74, 6) is 0.186. The molecule has 4 nitrogen and oxygen atoms in total. The van der Waals surface area contributed by atoms with Gasteiger partial charge in [-0.25, -0.2) is 9.38 Å². The Kier molecular flexibility index (Phi) is 6.98. The summed E-state index contributed by atoms with van der Waals surface area (Å²) in [5.41, 5.74) is 1.40. The van der Waals surface area contributed by atoms with Crippen LogP contribution >= 0.6 is 23.4 Å². The number of rotatable bonds is 6. The first kappa shape index (κ1) is 21.4. The minimum Gasteiger partial charge on any atom is -0.489 e. The number of carbonyl (C=O) groups is 1. The standard InChI is InChI=1S/C22H22ClFN2O2S/c1-4-14(3)28-19-11-6-15(12-18(19)23)13-20-21(27)26(5-2)22(29-20)25-17-9-7-16(24)8-10-17/h6-14H,4-5H2,1-3H3/b20-13-,25-22?/t14-/m1/s1. The molecule has 0 radical (unpaired) electrons. The second kappa shape index (κ2) is 9.46. The monoisotopic (exact) mass is 432 g/mol. The molecule has 1 saturated heterocycles. The summed E-state index contributed by atoms with van der Waals surface area (Å²) >= 11 is 7.64. The highest BCUT2D eigenvalue weighted by Gasteiger charge is 2.32. The Morgan fingerprint density at radius 2 is 1.97 bits per heavy atom. The van der Waals surface area contributed by atoms with Gasteiger partial charge in [-0.3, -0.25) is 9.69 Å². The van der Waals surface area contributed by atoms with Crippen LogP contribution in [0.3, 0.4) is 0 Å². The van der Waals surface area contributed by atoms with Crippen LogP contribution in [-0.4, -0.2) is 28.6 Å². The van der Waals surface area contributed by atoms with Crippen LogP contribution in [0.15, 0.2) is 52.4 Å². The molecule has 2 aromatic rings. The van der Waals surface area contributed by atoms with Gasteiger partial charge in [0.05, 0.1) is 21.7 Å². The van der Waals surface area contributed by atoms with Crippen LogP contribution in [0.5, 0.6) is 5.75 Å². The van der Waals surface area contributed by atoms with Crippen molar-refractivity contribution in [1.29, 1.82) is 0 Å². The summed E-state index contributed by atoms with van der Waals surface area (Å²) in [6.07, 6.45) is 2.75. The Labute approximate surface area is 179 Å². The lowest BCUT2D eigenvalue weighted by atomic mass is 10.2. The first-order chi connectivity index (χ1) is 13.9. The third kappa shape index (κ3) is 5.19. The van der Waals surface area contributed by atoms with E-state index in [9.17, 15) is 9.18 Å². The molecule has 0 aliphatic carbocycles. The number of amides is 1. The van der Waals surface area contributed by atoms with Crippen LogP contribution in [0.25, 0.3) is 6.08 Å². The number of nitrogens with zero attached hydrogens (tertiary/aromatic N) is 2. The first-order valence-corrected chi connectivity index (χ1v) is 10.6. The molecule has 7 heteroatoms. The molecule has 1 aliphatic rings. The molecule has 0 bridgehead atoms. The Morgan fingerprint density at radius 3 is 2.59 bits per heavy atom. The zero-order valence-corrected chi connectivity index (χ0v) is 18.1. The lowest BCUT2D eigenvalue weighted by molar-refractivity contribution is -0.122. The van der Waals surface area contributed by atoms with E-state index in [1.54, 1.807) is 29.2 Å². The number of thioether (sulfide) groups is 1. The number of halogens is 2. The third-order valence-electron chi connectivity index (χ3n) is 4.41. The van der Waals surface area contributed by atoms with Gasteiger partial charge in [0, 0.05) is 6.54 Å². The normalized spacial score (nSPS) is 18.0. The molecule has 0 unspecified atom stereocenters. The quantitative estimate of drug-likeness (QED) is 0.504. The maximum absolute atomic E-state index is 13.1. The van der Waals surface area contributed by atoms with Crippen molar-refractivity contribution in [2.24, 2.45) is 4.99 Å². The molecular weight excluding hydrogens is 411 g/mol. The van der Waals surface area contributed by atoms with Crippen molar-refractivity contribution in [1.82, 2.24) is 4.90 Å². The van der Waals surface area contributed by atoms with E-state index in [-0.39, 0.29) is 17.8 Å². The highest BCUT2D eigenvalue weighted by molar-refractivity contribution is 8.18. The molecule has 2 aromatic carbocycles. The molecule has 1 amide bonds. The summed E-state index contributed by atoms with van der Waals surface area (Å²) < 4.78 is 18.9. The van der Waals surface area contributed by atoms with E-state index in [0.717, 1.165) is 12.0 Å².